The van der Waals surface area contributed by atoms with Gasteiger partial charge in [-0.3, -0.25) is 4.40 Å². The second-order valence-corrected chi connectivity index (χ2v) is 5.96. The maximum Gasteiger partial charge on any atom is 0.180 e. The number of halogens is 1. The molecular weight excluding hydrogens is 331 g/mol. The standard InChI is InChI=1S/C19H13FN6/c20-13-4-1-11(2-5-13)16-17(26-8-7-22-19(26)18(21)25-16)12-3-6-14-15(9-12)24-10-23-14/h1-10H,(H2,21,25)(H,23,24). The molecule has 0 aliphatic carbocycles. The second kappa shape index (κ2) is 5.38. The molecule has 0 aliphatic rings. The third-order valence-corrected chi connectivity index (χ3v) is 4.38. The van der Waals surface area contributed by atoms with Crippen LogP contribution in [0.5, 0.6) is 0 Å². The SMILES string of the molecule is Nc1nc(-c2ccc(F)cc2)c(-c2ccc3nc[nH]c3c2)n2ccnc12. The van der Waals surface area contributed by atoms with Gasteiger partial charge in [-0.2, -0.15) is 0 Å². The number of benzene rings is 2. The minimum Gasteiger partial charge on any atom is -0.381 e. The molecule has 0 saturated carbocycles. The zero-order valence-electron chi connectivity index (χ0n) is 13.5. The molecule has 0 saturated heterocycles. The lowest BCUT2D eigenvalue weighted by Crippen LogP contribution is -2.03. The molecule has 5 rings (SSSR count). The maximum absolute atomic E-state index is 13.4. The Morgan fingerprint density at radius 1 is 1.00 bits per heavy atom. The smallest absolute Gasteiger partial charge is 0.180 e. The lowest BCUT2D eigenvalue weighted by atomic mass is 10.0. The Morgan fingerprint density at radius 2 is 1.81 bits per heavy atom. The molecule has 0 fully saturated rings. The number of rotatable bonds is 2. The highest BCUT2D eigenvalue weighted by Gasteiger charge is 2.17. The molecule has 5 aromatic rings. The van der Waals surface area contributed by atoms with Crippen LogP contribution >= 0.6 is 0 Å². The molecule has 3 N–H and O–H groups in total. The van der Waals surface area contributed by atoms with Crippen LogP contribution in [0.15, 0.2) is 61.2 Å². The van der Waals surface area contributed by atoms with Crippen molar-refractivity contribution in [1.82, 2.24) is 24.3 Å². The Balaban J connectivity index is 1.86. The average molecular weight is 344 g/mol. The first-order valence-electron chi connectivity index (χ1n) is 8.03. The third kappa shape index (κ3) is 2.14. The number of nitrogen functional groups attached to an aromatic ring is 1. The summed E-state index contributed by atoms with van der Waals surface area (Å²) in [6.45, 7) is 0. The molecule has 7 heteroatoms. The van der Waals surface area contributed by atoms with Crippen molar-refractivity contribution in [3.63, 3.8) is 0 Å². The predicted molar refractivity (Wildman–Crippen MR) is 97.9 cm³/mol. The quantitative estimate of drug-likeness (QED) is 0.512. The van der Waals surface area contributed by atoms with Gasteiger partial charge in [0.15, 0.2) is 11.5 Å². The summed E-state index contributed by atoms with van der Waals surface area (Å²) in [5.74, 6) is 0.0200. The van der Waals surface area contributed by atoms with E-state index in [-0.39, 0.29) is 5.82 Å². The van der Waals surface area contributed by atoms with E-state index in [4.69, 9.17) is 5.73 Å². The first-order chi connectivity index (χ1) is 12.7. The second-order valence-electron chi connectivity index (χ2n) is 5.96. The predicted octanol–water partition coefficient (Wildman–Crippen LogP) is 3.66. The van der Waals surface area contributed by atoms with Crippen molar-refractivity contribution in [1.29, 1.82) is 0 Å². The molecule has 0 aliphatic heterocycles. The van der Waals surface area contributed by atoms with Gasteiger partial charge in [0.05, 0.1) is 28.7 Å². The van der Waals surface area contributed by atoms with Gasteiger partial charge in [-0.05, 0) is 36.4 Å². The highest BCUT2D eigenvalue weighted by atomic mass is 19.1. The van der Waals surface area contributed by atoms with Crippen LogP contribution in [0.2, 0.25) is 0 Å². The first-order valence-corrected chi connectivity index (χ1v) is 8.03. The van der Waals surface area contributed by atoms with Crippen molar-refractivity contribution >= 4 is 22.5 Å². The average Bonchev–Trinajstić information content (AvgIpc) is 3.31. The molecule has 0 amide bonds. The lowest BCUT2D eigenvalue weighted by molar-refractivity contribution is 0.628. The number of hydrogen-bond acceptors (Lipinski definition) is 4. The molecule has 0 spiro atoms. The van der Waals surface area contributed by atoms with Gasteiger partial charge in [-0.15, -0.1) is 0 Å². The topological polar surface area (TPSA) is 84.9 Å². The number of imidazole rings is 2. The van der Waals surface area contributed by atoms with Crippen LogP contribution in [-0.4, -0.2) is 24.3 Å². The van der Waals surface area contributed by atoms with Gasteiger partial charge in [-0.1, -0.05) is 6.07 Å². The van der Waals surface area contributed by atoms with E-state index in [1.807, 2.05) is 28.8 Å². The zero-order valence-corrected chi connectivity index (χ0v) is 13.5. The highest BCUT2D eigenvalue weighted by molar-refractivity contribution is 5.87. The van der Waals surface area contributed by atoms with Crippen LogP contribution in [0.1, 0.15) is 0 Å². The van der Waals surface area contributed by atoms with Gasteiger partial charge in [0.2, 0.25) is 0 Å². The van der Waals surface area contributed by atoms with Crippen LogP contribution in [0.3, 0.4) is 0 Å². The molecule has 126 valence electrons. The molecule has 26 heavy (non-hydrogen) atoms. The number of nitrogens with one attached hydrogen (secondary N) is 1. The van der Waals surface area contributed by atoms with E-state index in [2.05, 4.69) is 19.9 Å². The molecular formula is C19H13FN6. The van der Waals surface area contributed by atoms with E-state index in [9.17, 15) is 4.39 Å². The number of nitrogens with zero attached hydrogens (tertiary/aromatic N) is 4. The van der Waals surface area contributed by atoms with Crippen molar-refractivity contribution in [3.8, 4) is 22.5 Å². The van der Waals surface area contributed by atoms with Crippen molar-refractivity contribution in [2.75, 3.05) is 5.73 Å². The summed E-state index contributed by atoms with van der Waals surface area (Å²) >= 11 is 0. The number of anilines is 1. The van der Waals surface area contributed by atoms with E-state index >= 15 is 0 Å². The lowest BCUT2D eigenvalue weighted by Gasteiger charge is -2.13. The number of H-pyrrole nitrogens is 1. The Labute approximate surface area is 147 Å². The largest absolute Gasteiger partial charge is 0.381 e. The summed E-state index contributed by atoms with van der Waals surface area (Å²) in [7, 11) is 0. The Kier molecular flexibility index (Phi) is 3.02. The van der Waals surface area contributed by atoms with Gasteiger partial charge in [0.1, 0.15) is 5.82 Å². The summed E-state index contributed by atoms with van der Waals surface area (Å²) in [5.41, 5.74) is 11.7. The molecule has 0 atom stereocenters. The fraction of sp³-hybridized carbons (Fsp3) is 0. The van der Waals surface area contributed by atoms with E-state index in [0.717, 1.165) is 27.9 Å². The van der Waals surface area contributed by atoms with Gasteiger partial charge >= 0.3 is 0 Å². The van der Waals surface area contributed by atoms with Crippen molar-refractivity contribution in [2.24, 2.45) is 0 Å². The summed E-state index contributed by atoms with van der Waals surface area (Å²) in [6, 6.07) is 12.1. The summed E-state index contributed by atoms with van der Waals surface area (Å²) in [6.07, 6.45) is 5.18. The molecule has 0 bridgehead atoms. The monoisotopic (exact) mass is 344 g/mol. The molecule has 2 aromatic carbocycles. The maximum atomic E-state index is 13.4. The normalized spacial score (nSPS) is 11.4. The summed E-state index contributed by atoms with van der Waals surface area (Å²) in [5, 5.41) is 0. The van der Waals surface area contributed by atoms with Crippen LogP contribution in [-0.2, 0) is 0 Å². The van der Waals surface area contributed by atoms with Crippen LogP contribution in [0, 0.1) is 5.82 Å². The van der Waals surface area contributed by atoms with E-state index in [0.29, 0.717) is 17.2 Å². The highest BCUT2D eigenvalue weighted by Crippen LogP contribution is 2.34. The Morgan fingerprint density at radius 3 is 2.65 bits per heavy atom. The Bertz CT molecular complexity index is 1250. The number of aromatic nitrogens is 5. The summed E-state index contributed by atoms with van der Waals surface area (Å²) in [4.78, 5) is 16.2. The Hall–Kier alpha value is -3.74. The van der Waals surface area contributed by atoms with E-state index < -0.39 is 0 Å². The molecule has 3 aromatic heterocycles. The van der Waals surface area contributed by atoms with Crippen molar-refractivity contribution in [3.05, 3.63) is 67.0 Å². The van der Waals surface area contributed by atoms with Gasteiger partial charge in [0, 0.05) is 23.5 Å². The minimum atomic E-state index is -0.300. The molecule has 6 nitrogen and oxygen atoms in total. The van der Waals surface area contributed by atoms with E-state index in [1.165, 1.54) is 12.1 Å². The van der Waals surface area contributed by atoms with Gasteiger partial charge in [-0.25, -0.2) is 19.3 Å². The van der Waals surface area contributed by atoms with Crippen molar-refractivity contribution < 1.29 is 4.39 Å². The van der Waals surface area contributed by atoms with Gasteiger partial charge in [0.25, 0.3) is 0 Å². The number of nitrogens with two attached hydrogens (primary N) is 1. The first kappa shape index (κ1) is 14.6. The number of hydrogen-bond donors (Lipinski definition) is 2. The zero-order chi connectivity index (χ0) is 17.7. The van der Waals surface area contributed by atoms with Crippen LogP contribution in [0.4, 0.5) is 10.2 Å². The van der Waals surface area contributed by atoms with Crippen molar-refractivity contribution in [2.45, 2.75) is 0 Å². The fourth-order valence-corrected chi connectivity index (χ4v) is 3.18. The number of fused-ring (bicyclic) bond motifs is 2. The number of aromatic amines is 1. The summed E-state index contributed by atoms with van der Waals surface area (Å²) < 4.78 is 15.3. The van der Waals surface area contributed by atoms with Crippen LogP contribution in [0.25, 0.3) is 39.2 Å². The third-order valence-electron chi connectivity index (χ3n) is 4.38. The molecule has 3 heterocycles. The molecule has 0 radical (unpaired) electrons. The van der Waals surface area contributed by atoms with Crippen LogP contribution < -0.4 is 5.73 Å². The van der Waals surface area contributed by atoms with Gasteiger partial charge < -0.3 is 10.7 Å². The van der Waals surface area contributed by atoms with E-state index in [1.54, 1.807) is 24.7 Å². The molecule has 0 unspecified atom stereocenters. The minimum absolute atomic E-state index is 0.300. The fourth-order valence-electron chi connectivity index (χ4n) is 3.18.